The van der Waals surface area contributed by atoms with Crippen LogP contribution in [-0.2, 0) is 9.53 Å². The zero-order valence-corrected chi connectivity index (χ0v) is 19.2. The van der Waals surface area contributed by atoms with Crippen LogP contribution in [0.5, 0.6) is 5.75 Å². The number of amides is 1. The predicted octanol–water partition coefficient (Wildman–Crippen LogP) is 2.33. The molecule has 1 rings (SSSR count). The number of hydrogen-bond donors (Lipinski definition) is 3. The van der Waals surface area contributed by atoms with E-state index in [0.717, 1.165) is 11.3 Å². The normalized spacial score (nSPS) is 12.1. The molecule has 0 aliphatic carbocycles. The fourth-order valence-corrected chi connectivity index (χ4v) is 2.12. The second-order valence-corrected chi connectivity index (χ2v) is 6.41. The van der Waals surface area contributed by atoms with Gasteiger partial charge >= 0.3 is 0 Å². The number of nitrogens with one attached hydrogen (secondary N) is 3. The lowest BCUT2D eigenvalue weighted by molar-refractivity contribution is -0.120. The van der Waals surface area contributed by atoms with Crippen molar-refractivity contribution in [2.75, 3.05) is 40.5 Å². The van der Waals surface area contributed by atoms with E-state index in [1.165, 1.54) is 0 Å². The lowest BCUT2D eigenvalue weighted by Crippen LogP contribution is -2.44. The van der Waals surface area contributed by atoms with Gasteiger partial charge < -0.3 is 25.4 Å². The minimum Gasteiger partial charge on any atom is -0.493 e. The molecule has 7 nitrogen and oxygen atoms in total. The van der Waals surface area contributed by atoms with E-state index in [9.17, 15) is 4.79 Å². The lowest BCUT2D eigenvalue weighted by Gasteiger charge is -2.18. The maximum Gasteiger partial charge on any atom is 0.239 e. The van der Waals surface area contributed by atoms with Gasteiger partial charge in [-0.1, -0.05) is 26.0 Å². The molecule has 1 atom stereocenters. The molecule has 1 aromatic carbocycles. The Kier molecular flexibility index (Phi) is 13.7. The van der Waals surface area contributed by atoms with E-state index in [1.54, 1.807) is 14.2 Å². The fraction of sp³-hybridized carbons (Fsp3) is 0.579. The van der Waals surface area contributed by atoms with Gasteiger partial charge in [-0.25, -0.2) is 0 Å². The highest BCUT2D eigenvalue weighted by Crippen LogP contribution is 2.18. The van der Waals surface area contributed by atoms with Crippen molar-refractivity contribution < 1.29 is 14.3 Å². The first-order valence-corrected chi connectivity index (χ1v) is 8.91. The van der Waals surface area contributed by atoms with Gasteiger partial charge in [0.2, 0.25) is 5.91 Å². The molecule has 1 aromatic rings. The third kappa shape index (κ3) is 11.0. The monoisotopic (exact) mass is 492 g/mol. The van der Waals surface area contributed by atoms with Gasteiger partial charge in [0, 0.05) is 20.7 Å². The van der Waals surface area contributed by atoms with Gasteiger partial charge in [-0.15, -0.1) is 24.0 Å². The highest BCUT2D eigenvalue weighted by atomic mass is 127. The topological polar surface area (TPSA) is 84.0 Å². The van der Waals surface area contributed by atoms with E-state index < -0.39 is 0 Å². The first-order chi connectivity index (χ1) is 12.5. The summed E-state index contributed by atoms with van der Waals surface area (Å²) in [7, 11) is 3.27. The molecule has 8 heteroatoms. The van der Waals surface area contributed by atoms with Crippen molar-refractivity contribution in [1.82, 2.24) is 16.0 Å². The zero-order valence-electron chi connectivity index (χ0n) is 16.9. The van der Waals surface area contributed by atoms with E-state index in [2.05, 4.69) is 34.8 Å². The Morgan fingerprint density at radius 2 is 1.81 bits per heavy atom. The van der Waals surface area contributed by atoms with Crippen molar-refractivity contribution in [2.24, 2.45) is 10.9 Å². The van der Waals surface area contributed by atoms with Crippen LogP contribution < -0.4 is 20.7 Å². The minimum atomic E-state index is -0.107. The number of methoxy groups -OCH3 is 1. The van der Waals surface area contributed by atoms with Crippen molar-refractivity contribution >= 4 is 35.8 Å². The number of ether oxygens (including phenoxy) is 2. The number of guanidine groups is 1. The summed E-state index contributed by atoms with van der Waals surface area (Å²) in [6, 6.07) is 8.03. The van der Waals surface area contributed by atoms with Crippen molar-refractivity contribution in [1.29, 1.82) is 0 Å². The third-order valence-corrected chi connectivity index (χ3v) is 3.59. The molecule has 0 heterocycles. The first kappa shape index (κ1) is 25.4. The number of carbonyl (C=O) groups is 1. The van der Waals surface area contributed by atoms with Crippen LogP contribution >= 0.6 is 24.0 Å². The summed E-state index contributed by atoms with van der Waals surface area (Å²) < 4.78 is 10.6. The number of aliphatic imine (C=N–C) groups is 1. The summed E-state index contributed by atoms with van der Waals surface area (Å²) >= 11 is 0. The number of hydrogen-bond acceptors (Lipinski definition) is 4. The Labute approximate surface area is 179 Å². The Balaban J connectivity index is 0.00000676. The summed E-state index contributed by atoms with van der Waals surface area (Å²) in [5, 5.41) is 9.02. The van der Waals surface area contributed by atoms with Gasteiger partial charge in [0.15, 0.2) is 5.96 Å². The van der Waals surface area contributed by atoms with Crippen LogP contribution in [0.1, 0.15) is 32.4 Å². The van der Waals surface area contributed by atoms with Gasteiger partial charge in [0.1, 0.15) is 5.75 Å². The smallest absolute Gasteiger partial charge is 0.239 e. The molecule has 0 aliphatic heterocycles. The molecule has 0 saturated heterocycles. The minimum absolute atomic E-state index is 0. The van der Waals surface area contributed by atoms with Crippen molar-refractivity contribution in [3.63, 3.8) is 0 Å². The predicted molar refractivity (Wildman–Crippen MR) is 120 cm³/mol. The van der Waals surface area contributed by atoms with E-state index in [-0.39, 0.29) is 42.5 Å². The van der Waals surface area contributed by atoms with Gasteiger partial charge in [0.05, 0.1) is 25.8 Å². The molecule has 0 fully saturated rings. The largest absolute Gasteiger partial charge is 0.493 e. The third-order valence-electron chi connectivity index (χ3n) is 3.59. The summed E-state index contributed by atoms with van der Waals surface area (Å²) in [4.78, 5) is 15.9. The molecule has 0 radical (unpaired) electrons. The Morgan fingerprint density at radius 3 is 2.37 bits per heavy atom. The summed E-state index contributed by atoms with van der Waals surface area (Å²) in [6.45, 7) is 8.12. The molecule has 0 spiro atoms. The van der Waals surface area contributed by atoms with Gasteiger partial charge in [0.25, 0.3) is 0 Å². The number of benzene rings is 1. The summed E-state index contributed by atoms with van der Waals surface area (Å²) in [5.41, 5.74) is 1.11. The number of carbonyl (C=O) groups excluding carboxylic acids is 1. The van der Waals surface area contributed by atoms with E-state index in [0.29, 0.717) is 31.6 Å². The van der Waals surface area contributed by atoms with E-state index in [1.807, 2.05) is 31.2 Å². The summed E-state index contributed by atoms with van der Waals surface area (Å²) in [5.74, 6) is 1.82. The quantitative estimate of drug-likeness (QED) is 0.202. The second kappa shape index (κ2) is 14.5. The Hall–Kier alpha value is -1.55. The van der Waals surface area contributed by atoms with Gasteiger partial charge in [-0.2, -0.15) is 0 Å². The van der Waals surface area contributed by atoms with Crippen molar-refractivity contribution in [3.8, 4) is 5.75 Å². The summed E-state index contributed by atoms with van der Waals surface area (Å²) in [6.07, 6.45) is 0. The van der Waals surface area contributed by atoms with Crippen molar-refractivity contribution in [3.05, 3.63) is 29.8 Å². The fourth-order valence-electron chi connectivity index (χ4n) is 2.12. The molecular formula is C19H33IN4O3. The molecule has 1 unspecified atom stereocenters. The maximum absolute atomic E-state index is 11.7. The average Bonchev–Trinajstić information content (AvgIpc) is 2.63. The van der Waals surface area contributed by atoms with Crippen molar-refractivity contribution in [2.45, 2.75) is 26.8 Å². The molecule has 1 amide bonds. The molecule has 0 aromatic heterocycles. The Morgan fingerprint density at radius 1 is 1.15 bits per heavy atom. The molecular weight excluding hydrogens is 459 g/mol. The van der Waals surface area contributed by atoms with Crippen LogP contribution in [0.2, 0.25) is 0 Å². The maximum atomic E-state index is 11.7. The number of rotatable bonds is 10. The van der Waals surface area contributed by atoms with Gasteiger partial charge in [-0.3, -0.25) is 9.79 Å². The van der Waals surface area contributed by atoms with E-state index >= 15 is 0 Å². The SMILES string of the molecule is CN=C(NCC(=O)NCCOC)NC(C)c1ccc(OCC(C)C)cc1.I. The van der Waals surface area contributed by atoms with Crippen LogP contribution in [0.3, 0.4) is 0 Å². The highest BCUT2D eigenvalue weighted by molar-refractivity contribution is 14.0. The molecule has 0 bridgehead atoms. The molecule has 3 N–H and O–H groups in total. The highest BCUT2D eigenvalue weighted by Gasteiger charge is 2.09. The van der Waals surface area contributed by atoms with Crippen LogP contribution in [0, 0.1) is 5.92 Å². The standard InChI is InChI=1S/C19H32N4O3.HI/c1-14(2)13-26-17-8-6-16(7-9-17)15(3)23-19(20-4)22-12-18(24)21-10-11-25-5;/h6-9,14-15H,10-13H2,1-5H3,(H,21,24)(H2,20,22,23);1H. The molecule has 154 valence electrons. The van der Waals surface area contributed by atoms with Crippen LogP contribution in [-0.4, -0.2) is 52.3 Å². The first-order valence-electron chi connectivity index (χ1n) is 8.91. The molecule has 0 aliphatic rings. The molecule has 27 heavy (non-hydrogen) atoms. The molecule has 0 saturated carbocycles. The van der Waals surface area contributed by atoms with Crippen LogP contribution in [0.25, 0.3) is 0 Å². The Bertz CT molecular complexity index is 565. The van der Waals surface area contributed by atoms with E-state index in [4.69, 9.17) is 9.47 Å². The lowest BCUT2D eigenvalue weighted by atomic mass is 10.1. The zero-order chi connectivity index (χ0) is 19.4. The number of halogens is 1. The van der Waals surface area contributed by atoms with Crippen LogP contribution in [0.4, 0.5) is 0 Å². The number of nitrogens with zero attached hydrogens (tertiary/aromatic N) is 1. The average molecular weight is 492 g/mol. The van der Waals surface area contributed by atoms with Crippen LogP contribution in [0.15, 0.2) is 29.3 Å². The van der Waals surface area contributed by atoms with Gasteiger partial charge in [-0.05, 0) is 30.5 Å². The second-order valence-electron chi connectivity index (χ2n) is 6.41.